The lowest BCUT2D eigenvalue weighted by Crippen LogP contribution is -2.02. The Bertz CT molecular complexity index is 1370. The van der Waals surface area contributed by atoms with E-state index in [0.29, 0.717) is 17.5 Å². The average molecular weight is 410 g/mol. The lowest BCUT2D eigenvalue weighted by Gasteiger charge is -2.15. The lowest BCUT2D eigenvalue weighted by molar-refractivity contribution is 0.621. The second kappa shape index (κ2) is 7.69. The topological polar surface area (TPSA) is 43.9 Å². The summed E-state index contributed by atoms with van der Waals surface area (Å²) in [5, 5.41) is 2.12. The third-order valence-electron chi connectivity index (χ3n) is 5.74. The number of fused-ring (bicyclic) bond motifs is 3. The molecule has 4 heteroatoms. The van der Waals surface area contributed by atoms with E-state index >= 15 is 0 Å². The molecule has 0 aliphatic carbocycles. The summed E-state index contributed by atoms with van der Waals surface area (Å²) in [6, 6.07) is 19.0. The molecule has 0 aliphatic heterocycles. The van der Waals surface area contributed by atoms with Crippen LogP contribution in [0.1, 0.15) is 44.9 Å². The number of imidazole rings is 1. The molecule has 0 aliphatic rings. The Morgan fingerprint density at radius 1 is 0.903 bits per heavy atom. The Hall–Kier alpha value is -3.40. The van der Waals surface area contributed by atoms with Crippen LogP contribution in [-0.4, -0.2) is 14.5 Å². The molecule has 0 bridgehead atoms. The molecule has 5 aromatic rings. The van der Waals surface area contributed by atoms with Crippen LogP contribution in [0, 0.1) is 5.92 Å². The predicted octanol–water partition coefficient (Wildman–Crippen LogP) is 7.16. The summed E-state index contributed by atoms with van der Waals surface area (Å²) >= 11 is 0. The summed E-state index contributed by atoms with van der Waals surface area (Å²) < 4.78 is 8.50. The van der Waals surface area contributed by atoms with Crippen molar-refractivity contribution >= 4 is 22.1 Å². The fraction of sp³-hybridized carbons (Fsp3) is 0.259. The SMILES string of the molecule is CC(C)Cc1ccc2c(n1)oc1c(-c3nccn3-c3ccccc3C(C)C)cccc12. The molecular formula is C27H27N3O. The van der Waals surface area contributed by atoms with Gasteiger partial charge in [0, 0.05) is 28.9 Å². The normalized spacial score (nSPS) is 11.9. The molecule has 0 radical (unpaired) electrons. The molecule has 3 aromatic heterocycles. The van der Waals surface area contributed by atoms with Crippen LogP contribution in [0.2, 0.25) is 0 Å². The first-order valence-electron chi connectivity index (χ1n) is 11.0. The molecule has 4 nitrogen and oxygen atoms in total. The molecule has 2 aromatic carbocycles. The third kappa shape index (κ3) is 3.42. The van der Waals surface area contributed by atoms with Gasteiger partial charge < -0.3 is 4.42 Å². The number of para-hydroxylation sites is 2. The van der Waals surface area contributed by atoms with Gasteiger partial charge in [-0.2, -0.15) is 0 Å². The summed E-state index contributed by atoms with van der Waals surface area (Å²) in [4.78, 5) is 9.52. The second-order valence-corrected chi connectivity index (χ2v) is 8.87. The van der Waals surface area contributed by atoms with Crippen molar-refractivity contribution in [3.63, 3.8) is 0 Å². The lowest BCUT2D eigenvalue weighted by atomic mass is 10.0. The van der Waals surface area contributed by atoms with Crippen molar-refractivity contribution in [2.75, 3.05) is 0 Å². The first kappa shape index (κ1) is 19.6. The molecule has 0 fully saturated rings. The van der Waals surface area contributed by atoms with Gasteiger partial charge in [-0.1, -0.05) is 58.0 Å². The molecule has 0 amide bonds. The van der Waals surface area contributed by atoms with Crippen molar-refractivity contribution < 1.29 is 4.42 Å². The Morgan fingerprint density at radius 3 is 2.55 bits per heavy atom. The molecular weight excluding hydrogens is 382 g/mol. The minimum absolute atomic E-state index is 0.414. The highest BCUT2D eigenvalue weighted by Gasteiger charge is 2.18. The molecule has 0 N–H and O–H groups in total. The summed E-state index contributed by atoms with van der Waals surface area (Å²) in [5.41, 5.74) is 6.01. The van der Waals surface area contributed by atoms with Gasteiger partial charge in [0.1, 0.15) is 11.4 Å². The maximum Gasteiger partial charge on any atom is 0.227 e. The van der Waals surface area contributed by atoms with Crippen molar-refractivity contribution in [3.05, 3.63) is 78.2 Å². The monoisotopic (exact) mass is 409 g/mol. The number of pyridine rings is 1. The largest absolute Gasteiger partial charge is 0.437 e. The summed E-state index contributed by atoms with van der Waals surface area (Å²) in [7, 11) is 0. The van der Waals surface area contributed by atoms with Gasteiger partial charge >= 0.3 is 0 Å². The second-order valence-electron chi connectivity index (χ2n) is 8.87. The van der Waals surface area contributed by atoms with Crippen LogP contribution in [0.4, 0.5) is 0 Å². The highest BCUT2D eigenvalue weighted by atomic mass is 16.3. The molecule has 31 heavy (non-hydrogen) atoms. The van der Waals surface area contributed by atoms with Gasteiger partial charge in [0.2, 0.25) is 5.71 Å². The van der Waals surface area contributed by atoms with Crippen molar-refractivity contribution in [2.24, 2.45) is 5.92 Å². The number of hydrogen-bond donors (Lipinski definition) is 0. The van der Waals surface area contributed by atoms with Gasteiger partial charge in [0.05, 0.1) is 11.3 Å². The van der Waals surface area contributed by atoms with E-state index < -0.39 is 0 Å². The van der Waals surface area contributed by atoms with Gasteiger partial charge in [-0.05, 0) is 48.1 Å². The molecule has 0 saturated heterocycles. The van der Waals surface area contributed by atoms with Crippen LogP contribution in [0.15, 0.2) is 71.4 Å². The summed E-state index contributed by atoms with van der Waals surface area (Å²) in [5.74, 6) is 1.84. The van der Waals surface area contributed by atoms with E-state index in [4.69, 9.17) is 14.4 Å². The third-order valence-corrected chi connectivity index (χ3v) is 5.74. The van der Waals surface area contributed by atoms with E-state index in [0.717, 1.165) is 45.5 Å². The molecule has 0 saturated carbocycles. The highest BCUT2D eigenvalue weighted by molar-refractivity contribution is 6.08. The fourth-order valence-corrected chi connectivity index (χ4v) is 4.32. The van der Waals surface area contributed by atoms with Gasteiger partial charge in [0.15, 0.2) is 0 Å². The number of aromatic nitrogens is 3. The predicted molar refractivity (Wildman–Crippen MR) is 127 cm³/mol. The van der Waals surface area contributed by atoms with Crippen LogP contribution in [0.5, 0.6) is 0 Å². The Morgan fingerprint density at radius 2 is 1.74 bits per heavy atom. The van der Waals surface area contributed by atoms with Gasteiger partial charge in [-0.25, -0.2) is 9.97 Å². The maximum atomic E-state index is 6.33. The number of hydrogen-bond acceptors (Lipinski definition) is 3. The number of rotatable bonds is 5. The van der Waals surface area contributed by atoms with Crippen LogP contribution in [0.3, 0.4) is 0 Å². The van der Waals surface area contributed by atoms with Crippen LogP contribution < -0.4 is 0 Å². The van der Waals surface area contributed by atoms with Crippen molar-refractivity contribution in [2.45, 2.75) is 40.0 Å². The fourth-order valence-electron chi connectivity index (χ4n) is 4.32. The van der Waals surface area contributed by atoms with Crippen LogP contribution >= 0.6 is 0 Å². The van der Waals surface area contributed by atoms with E-state index in [1.54, 1.807) is 0 Å². The van der Waals surface area contributed by atoms with Crippen LogP contribution in [-0.2, 0) is 6.42 Å². The molecule has 0 atom stereocenters. The first-order chi connectivity index (χ1) is 15.0. The van der Waals surface area contributed by atoms with E-state index in [-0.39, 0.29) is 0 Å². The van der Waals surface area contributed by atoms with E-state index in [9.17, 15) is 0 Å². The van der Waals surface area contributed by atoms with Gasteiger partial charge in [-0.3, -0.25) is 4.57 Å². The van der Waals surface area contributed by atoms with E-state index in [1.165, 1.54) is 5.56 Å². The standard InChI is InChI=1S/C27H27N3O/c1-17(2)16-19-12-13-22-21-9-7-10-23(25(21)31-27(22)29-19)26-28-14-15-30(26)24-11-6-5-8-20(24)18(3)4/h5-15,17-18H,16H2,1-4H3. The molecule has 0 unspecified atom stereocenters. The van der Waals surface area contributed by atoms with Gasteiger partial charge in [-0.15, -0.1) is 0 Å². The van der Waals surface area contributed by atoms with E-state index in [1.807, 2.05) is 12.4 Å². The quantitative estimate of drug-likeness (QED) is 0.309. The van der Waals surface area contributed by atoms with E-state index in [2.05, 4.69) is 86.9 Å². The van der Waals surface area contributed by atoms with Gasteiger partial charge in [0.25, 0.3) is 0 Å². The molecule has 0 spiro atoms. The summed E-state index contributed by atoms with van der Waals surface area (Å²) in [6.07, 6.45) is 4.82. The highest BCUT2D eigenvalue weighted by Crippen LogP contribution is 2.36. The maximum absolute atomic E-state index is 6.33. The van der Waals surface area contributed by atoms with Crippen molar-refractivity contribution in [1.29, 1.82) is 0 Å². The number of furan rings is 1. The van der Waals surface area contributed by atoms with Crippen molar-refractivity contribution in [1.82, 2.24) is 14.5 Å². The zero-order valence-corrected chi connectivity index (χ0v) is 18.5. The smallest absolute Gasteiger partial charge is 0.227 e. The first-order valence-corrected chi connectivity index (χ1v) is 11.0. The number of nitrogens with zero attached hydrogens (tertiary/aromatic N) is 3. The zero-order valence-electron chi connectivity index (χ0n) is 18.5. The number of benzene rings is 2. The minimum Gasteiger partial charge on any atom is -0.437 e. The Balaban J connectivity index is 1.70. The molecule has 156 valence electrons. The zero-order chi connectivity index (χ0) is 21.5. The van der Waals surface area contributed by atoms with Crippen LogP contribution in [0.25, 0.3) is 39.1 Å². The minimum atomic E-state index is 0.414. The molecule has 3 heterocycles. The molecule has 5 rings (SSSR count). The summed E-state index contributed by atoms with van der Waals surface area (Å²) in [6.45, 7) is 8.85. The Kier molecular flexibility index (Phi) is 4.85. The van der Waals surface area contributed by atoms with Crippen molar-refractivity contribution in [3.8, 4) is 17.1 Å². The average Bonchev–Trinajstić information content (AvgIpc) is 3.37. The Labute approximate surface area is 182 Å².